The van der Waals surface area contributed by atoms with Gasteiger partial charge in [0.25, 0.3) is 0 Å². The van der Waals surface area contributed by atoms with Crippen LogP contribution in [0.2, 0.25) is 0 Å². The molecule has 1 aliphatic carbocycles. The number of likely N-dealkylation sites (tertiary alicyclic amines) is 1. The first-order chi connectivity index (χ1) is 18.5. The quantitative estimate of drug-likeness (QED) is 0.585. The lowest BCUT2D eigenvalue weighted by molar-refractivity contribution is -0.150. The minimum absolute atomic E-state index is 0.217. The average Bonchev–Trinajstić information content (AvgIpc) is 3.42. The maximum atomic E-state index is 14.0. The summed E-state index contributed by atoms with van der Waals surface area (Å²) in [5, 5.41) is 14.1. The second-order valence-corrected chi connectivity index (χ2v) is 11.6. The summed E-state index contributed by atoms with van der Waals surface area (Å²) >= 11 is 0. The average molecular weight is 533 g/mol. The minimum Gasteiger partial charge on any atom is -0.326 e. The molecular formula is C30H30F2N4O3. The van der Waals surface area contributed by atoms with Gasteiger partial charge >= 0.3 is 0 Å². The molecule has 3 heterocycles. The van der Waals surface area contributed by atoms with Gasteiger partial charge in [0.2, 0.25) is 11.8 Å². The molecule has 2 aromatic rings. The standard InChI is InChI=1S/C30H30F2N4O3/c1-29(2)8-7-25(19-10-21(31)13-22(32)11-19)35(28(29)38)16-26(37)34-23-6-5-18-14-30(15-20(18)12-23)17-33-27-24(30)4-3-9-36(27)39/h3-6,9-13,25,39H,7-8,14-17H2,1-2H3,(H,34,37)/t25-,30-/m0/s1. The number of allylic oxidation sites excluding steroid dienone is 2. The Hall–Kier alpha value is -3.85. The highest BCUT2D eigenvalue weighted by Crippen LogP contribution is 2.48. The van der Waals surface area contributed by atoms with Crippen LogP contribution in [0.25, 0.3) is 0 Å². The summed E-state index contributed by atoms with van der Waals surface area (Å²) in [7, 11) is 0. The van der Waals surface area contributed by atoms with Gasteiger partial charge < -0.3 is 10.2 Å². The van der Waals surface area contributed by atoms with Crippen molar-refractivity contribution < 1.29 is 23.6 Å². The van der Waals surface area contributed by atoms with E-state index in [0.717, 1.165) is 35.1 Å². The molecular weight excluding hydrogens is 502 g/mol. The van der Waals surface area contributed by atoms with Crippen molar-refractivity contribution in [3.63, 3.8) is 0 Å². The van der Waals surface area contributed by atoms with Crippen LogP contribution in [-0.4, -0.2) is 45.9 Å². The molecule has 1 fully saturated rings. The molecule has 1 saturated heterocycles. The number of anilines is 1. The van der Waals surface area contributed by atoms with Crippen LogP contribution >= 0.6 is 0 Å². The highest BCUT2D eigenvalue weighted by Gasteiger charge is 2.47. The lowest BCUT2D eigenvalue weighted by Crippen LogP contribution is -2.50. The highest BCUT2D eigenvalue weighted by molar-refractivity contribution is 6.02. The number of rotatable bonds is 4. The van der Waals surface area contributed by atoms with Crippen molar-refractivity contribution in [3.8, 4) is 0 Å². The lowest BCUT2D eigenvalue weighted by atomic mass is 9.78. The first-order valence-corrected chi connectivity index (χ1v) is 13.2. The monoisotopic (exact) mass is 532 g/mol. The number of amides is 2. The number of aliphatic imine (C=N–C) groups is 1. The molecule has 39 heavy (non-hydrogen) atoms. The first kappa shape index (κ1) is 25.4. The second-order valence-electron chi connectivity index (χ2n) is 11.6. The topological polar surface area (TPSA) is 85.2 Å². The molecule has 2 amide bonds. The number of hydrogen-bond donors (Lipinski definition) is 2. The molecule has 4 aliphatic rings. The molecule has 2 atom stereocenters. The van der Waals surface area contributed by atoms with E-state index in [2.05, 4.69) is 10.3 Å². The van der Waals surface area contributed by atoms with Crippen molar-refractivity contribution >= 4 is 23.3 Å². The van der Waals surface area contributed by atoms with Crippen LogP contribution in [0.1, 0.15) is 49.4 Å². The van der Waals surface area contributed by atoms with Crippen LogP contribution in [0.3, 0.4) is 0 Å². The number of carbonyl (C=O) groups is 2. The third-order valence-corrected chi connectivity index (χ3v) is 8.44. The van der Waals surface area contributed by atoms with E-state index >= 15 is 0 Å². The third-order valence-electron chi connectivity index (χ3n) is 8.44. The molecule has 0 unspecified atom stereocenters. The van der Waals surface area contributed by atoms with Crippen molar-refractivity contribution in [1.29, 1.82) is 0 Å². The Morgan fingerprint density at radius 2 is 1.87 bits per heavy atom. The first-order valence-electron chi connectivity index (χ1n) is 13.2. The van der Waals surface area contributed by atoms with Gasteiger partial charge in [0.1, 0.15) is 18.2 Å². The fourth-order valence-electron chi connectivity index (χ4n) is 6.45. The summed E-state index contributed by atoms with van der Waals surface area (Å²) in [5.74, 6) is -1.44. The van der Waals surface area contributed by atoms with Gasteiger partial charge in [0, 0.05) is 34.4 Å². The number of nitrogens with zero attached hydrogens (tertiary/aromatic N) is 3. The number of benzene rings is 2. The highest BCUT2D eigenvalue weighted by atomic mass is 19.1. The van der Waals surface area contributed by atoms with E-state index in [-0.39, 0.29) is 23.8 Å². The van der Waals surface area contributed by atoms with E-state index in [9.17, 15) is 23.6 Å². The molecule has 9 heteroatoms. The van der Waals surface area contributed by atoms with Gasteiger partial charge in [0.05, 0.1) is 12.6 Å². The molecule has 7 nitrogen and oxygen atoms in total. The van der Waals surface area contributed by atoms with Crippen molar-refractivity contribution in [3.05, 3.63) is 88.6 Å². The van der Waals surface area contributed by atoms with E-state index in [1.165, 1.54) is 22.6 Å². The fraction of sp³-hybridized carbons (Fsp3) is 0.367. The zero-order valence-electron chi connectivity index (χ0n) is 21.9. The molecule has 0 aromatic heterocycles. The fourth-order valence-corrected chi connectivity index (χ4v) is 6.45. The molecule has 2 N–H and O–H groups in total. The Morgan fingerprint density at radius 1 is 1.13 bits per heavy atom. The predicted molar refractivity (Wildman–Crippen MR) is 142 cm³/mol. The smallest absolute Gasteiger partial charge is 0.244 e. The van der Waals surface area contributed by atoms with E-state index in [0.29, 0.717) is 36.5 Å². The summed E-state index contributed by atoms with van der Waals surface area (Å²) in [5.41, 5.74) is 3.36. The van der Waals surface area contributed by atoms with Crippen LogP contribution < -0.4 is 5.32 Å². The molecule has 2 aromatic carbocycles. The van der Waals surface area contributed by atoms with Gasteiger partial charge in [-0.3, -0.25) is 19.8 Å². The van der Waals surface area contributed by atoms with E-state index < -0.39 is 23.1 Å². The minimum atomic E-state index is -0.714. The van der Waals surface area contributed by atoms with Crippen LogP contribution in [0.5, 0.6) is 0 Å². The third kappa shape index (κ3) is 4.44. The lowest BCUT2D eigenvalue weighted by Gasteiger charge is -2.43. The number of fused-ring (bicyclic) bond motifs is 3. The molecule has 1 spiro atoms. The van der Waals surface area contributed by atoms with Crippen molar-refractivity contribution in [2.24, 2.45) is 15.8 Å². The summed E-state index contributed by atoms with van der Waals surface area (Å²) in [6, 6.07) is 8.47. The summed E-state index contributed by atoms with van der Waals surface area (Å²) in [6.07, 6.45) is 7.95. The van der Waals surface area contributed by atoms with Gasteiger partial charge in [-0.1, -0.05) is 26.0 Å². The number of piperidine rings is 1. The van der Waals surface area contributed by atoms with Gasteiger partial charge in [-0.05, 0) is 72.7 Å². The maximum Gasteiger partial charge on any atom is 0.244 e. The van der Waals surface area contributed by atoms with Gasteiger partial charge in [-0.15, -0.1) is 0 Å². The van der Waals surface area contributed by atoms with E-state index in [4.69, 9.17) is 0 Å². The maximum absolute atomic E-state index is 14.0. The summed E-state index contributed by atoms with van der Waals surface area (Å²) in [6.45, 7) is 4.00. The number of amidine groups is 1. The SMILES string of the molecule is CC1(C)CC[C@@H](c2cc(F)cc(F)c2)N(CC(=O)Nc2ccc3c(c2)C[C@]2(CN=C4C2=CC=CN4O)C3)C1=O. The molecule has 0 saturated carbocycles. The summed E-state index contributed by atoms with van der Waals surface area (Å²) in [4.78, 5) is 32.6. The Labute approximate surface area is 225 Å². The van der Waals surface area contributed by atoms with E-state index in [1.54, 1.807) is 6.20 Å². The van der Waals surface area contributed by atoms with Crippen molar-refractivity contribution in [1.82, 2.24) is 9.96 Å². The largest absolute Gasteiger partial charge is 0.326 e. The number of carbonyl (C=O) groups excluding carboxylic acids is 2. The Morgan fingerprint density at radius 3 is 2.64 bits per heavy atom. The summed E-state index contributed by atoms with van der Waals surface area (Å²) < 4.78 is 28.0. The van der Waals surface area contributed by atoms with Crippen molar-refractivity contribution in [2.75, 3.05) is 18.4 Å². The molecule has 3 aliphatic heterocycles. The second kappa shape index (κ2) is 9.12. The normalized spacial score (nSPS) is 24.9. The molecule has 202 valence electrons. The van der Waals surface area contributed by atoms with Gasteiger partial charge in [-0.25, -0.2) is 13.8 Å². The van der Waals surface area contributed by atoms with E-state index in [1.807, 2.05) is 44.2 Å². The Balaban J connectivity index is 1.19. The predicted octanol–water partition coefficient (Wildman–Crippen LogP) is 4.94. The van der Waals surface area contributed by atoms with Crippen LogP contribution in [0.4, 0.5) is 14.5 Å². The van der Waals surface area contributed by atoms with Crippen LogP contribution in [0.15, 0.2) is 65.3 Å². The van der Waals surface area contributed by atoms with Crippen LogP contribution in [0, 0.1) is 22.5 Å². The van der Waals surface area contributed by atoms with Gasteiger partial charge in [-0.2, -0.15) is 0 Å². The zero-order valence-corrected chi connectivity index (χ0v) is 21.9. The van der Waals surface area contributed by atoms with Crippen molar-refractivity contribution in [2.45, 2.75) is 45.6 Å². The molecule has 0 radical (unpaired) electrons. The van der Waals surface area contributed by atoms with Gasteiger partial charge in [0.15, 0.2) is 5.84 Å². The molecule has 6 rings (SSSR count). The zero-order chi connectivity index (χ0) is 27.5. The number of halogens is 2. The van der Waals surface area contributed by atoms with Crippen LogP contribution in [-0.2, 0) is 22.4 Å². The Kier molecular flexibility index (Phi) is 5.95. The number of hydroxylamine groups is 2. The Bertz CT molecular complexity index is 1460. The number of hydrogen-bond acceptors (Lipinski definition) is 5. The number of nitrogens with one attached hydrogen (secondary N) is 1. The molecule has 0 bridgehead atoms.